The Hall–Kier alpha value is -5.22. The van der Waals surface area contributed by atoms with Crippen molar-refractivity contribution in [2.24, 2.45) is 0 Å². The predicted octanol–water partition coefficient (Wildman–Crippen LogP) is 7.88. The van der Waals surface area contributed by atoms with Gasteiger partial charge in [-0.2, -0.15) is 0 Å². The number of hydrogen-bond acceptors (Lipinski definition) is 9. The second-order valence-electron chi connectivity index (χ2n) is 11.9. The molecule has 6 aromatic rings. The van der Waals surface area contributed by atoms with Gasteiger partial charge >= 0.3 is 0 Å². The van der Waals surface area contributed by atoms with E-state index in [1.54, 1.807) is 0 Å². The summed E-state index contributed by atoms with van der Waals surface area (Å²) >= 11 is 0. The Labute approximate surface area is 297 Å². The summed E-state index contributed by atoms with van der Waals surface area (Å²) in [4.78, 5) is 0. The molecule has 9 nitrogen and oxygen atoms in total. The topological polar surface area (TPSA) is 83.1 Å². The van der Waals surface area contributed by atoms with Gasteiger partial charge in [-0.1, -0.05) is 72.8 Å². The van der Waals surface area contributed by atoms with Crippen LogP contribution >= 0.6 is 0 Å². The fourth-order valence-electron chi connectivity index (χ4n) is 5.84. The van der Waals surface area contributed by atoms with E-state index in [0.29, 0.717) is 114 Å². The molecule has 0 radical (unpaired) electrons. The molecule has 6 aromatic carbocycles. The van der Waals surface area contributed by atoms with E-state index in [1.807, 2.05) is 72.8 Å². The van der Waals surface area contributed by atoms with Crippen molar-refractivity contribution in [1.29, 1.82) is 0 Å². The highest BCUT2D eigenvalue weighted by atomic mass is 16.6. The Morgan fingerprint density at radius 1 is 0.235 bits per heavy atom. The van der Waals surface area contributed by atoms with Crippen molar-refractivity contribution in [3.8, 4) is 34.5 Å². The van der Waals surface area contributed by atoms with E-state index < -0.39 is 0 Å². The van der Waals surface area contributed by atoms with E-state index in [0.717, 1.165) is 32.3 Å². The molecule has 1 aliphatic rings. The maximum absolute atomic E-state index is 6.14. The van der Waals surface area contributed by atoms with Crippen molar-refractivity contribution >= 4 is 32.3 Å². The monoisotopic (exact) mass is 690 g/mol. The van der Waals surface area contributed by atoms with Gasteiger partial charge in [0.1, 0.15) is 39.6 Å². The smallest absolute Gasteiger partial charge is 0.161 e. The first-order valence-corrected chi connectivity index (χ1v) is 17.4. The lowest BCUT2D eigenvalue weighted by atomic mass is 10.1. The lowest BCUT2D eigenvalue weighted by molar-refractivity contribution is 0.0692. The van der Waals surface area contributed by atoms with Crippen LogP contribution in [0.4, 0.5) is 0 Å². The zero-order valence-electron chi connectivity index (χ0n) is 28.6. The maximum atomic E-state index is 6.14. The minimum Gasteiger partial charge on any atom is -0.487 e. The number of hydrogen-bond donors (Lipinski definition) is 0. The third-order valence-electron chi connectivity index (χ3n) is 8.35. The fraction of sp³-hybridized carbons (Fsp3) is 0.286. The zero-order chi connectivity index (χ0) is 34.5. The van der Waals surface area contributed by atoms with E-state index in [2.05, 4.69) is 36.4 Å². The average molecular weight is 691 g/mol. The Balaban J connectivity index is 1.04. The van der Waals surface area contributed by atoms with Crippen LogP contribution in [0, 0.1) is 0 Å². The molecule has 0 fully saturated rings. The molecule has 51 heavy (non-hydrogen) atoms. The Bertz CT molecular complexity index is 1660. The summed E-state index contributed by atoms with van der Waals surface area (Å²) < 4.78 is 54.4. The maximum Gasteiger partial charge on any atom is 0.161 e. The van der Waals surface area contributed by atoms with Crippen molar-refractivity contribution in [3.05, 3.63) is 109 Å². The fourth-order valence-corrected chi connectivity index (χ4v) is 5.84. The van der Waals surface area contributed by atoms with Crippen LogP contribution in [0.1, 0.15) is 0 Å². The quantitative estimate of drug-likeness (QED) is 0.158. The van der Waals surface area contributed by atoms with E-state index in [-0.39, 0.29) is 0 Å². The number of ether oxygens (including phenoxy) is 9. The molecule has 1 heterocycles. The minimum atomic E-state index is 0.355. The van der Waals surface area contributed by atoms with Crippen LogP contribution in [0.3, 0.4) is 0 Å². The molecule has 0 saturated carbocycles. The first-order chi connectivity index (χ1) is 25.3. The highest BCUT2D eigenvalue weighted by Crippen LogP contribution is 2.35. The van der Waals surface area contributed by atoms with Gasteiger partial charge in [-0.15, -0.1) is 0 Å². The van der Waals surface area contributed by atoms with Gasteiger partial charge in [0.25, 0.3) is 0 Å². The standard InChI is InChI=1S/C42H42O9/c1-2-8-32-26-38-37(25-31(32)7-1)46-19-13-43-15-21-48-39-27-33-9-3-4-10-34(33)28-40(39)50-23-17-45-18-24-51-42-30-36-12-6-5-11-35(36)29-41(42)49-22-16-44-14-20-47-38/h1-12,25-30H,13-24H2. The molecular formula is C42H42O9. The first-order valence-electron chi connectivity index (χ1n) is 17.4. The molecule has 0 amide bonds. The van der Waals surface area contributed by atoms with Crippen LogP contribution in [0.25, 0.3) is 32.3 Å². The van der Waals surface area contributed by atoms with Gasteiger partial charge in [0.2, 0.25) is 0 Å². The van der Waals surface area contributed by atoms with Gasteiger partial charge in [-0.3, -0.25) is 0 Å². The van der Waals surface area contributed by atoms with E-state index in [1.165, 1.54) is 0 Å². The Kier molecular flexibility index (Phi) is 11.8. The van der Waals surface area contributed by atoms with Crippen molar-refractivity contribution < 1.29 is 42.6 Å². The van der Waals surface area contributed by atoms with Gasteiger partial charge in [0.05, 0.1) is 39.6 Å². The third kappa shape index (κ3) is 9.32. The van der Waals surface area contributed by atoms with Crippen LogP contribution in [0.5, 0.6) is 34.5 Å². The van der Waals surface area contributed by atoms with Crippen LogP contribution in [-0.2, 0) is 14.2 Å². The van der Waals surface area contributed by atoms with E-state index in [9.17, 15) is 0 Å². The molecule has 0 atom stereocenters. The SMILES string of the molecule is c1ccc2cc3c(cc2c1)OCCOCCOc1cc2ccccc2cc1OCCOCCOc1cc2ccccc2cc1OCCOCCO3. The molecule has 0 saturated heterocycles. The van der Waals surface area contributed by atoms with Crippen LogP contribution in [0.15, 0.2) is 109 Å². The summed E-state index contributed by atoms with van der Waals surface area (Å²) in [5.41, 5.74) is 0. The summed E-state index contributed by atoms with van der Waals surface area (Å²) in [6.07, 6.45) is 0. The second kappa shape index (κ2) is 17.6. The van der Waals surface area contributed by atoms with E-state index >= 15 is 0 Å². The molecule has 1 aliphatic heterocycles. The first kappa shape index (κ1) is 34.2. The minimum absolute atomic E-state index is 0.355. The summed E-state index contributed by atoms with van der Waals surface area (Å²) in [5.74, 6) is 3.92. The Morgan fingerprint density at radius 2 is 0.412 bits per heavy atom. The number of fused-ring (bicyclic) bond motifs is 6. The Morgan fingerprint density at radius 3 is 0.588 bits per heavy atom. The van der Waals surface area contributed by atoms with Crippen molar-refractivity contribution in [2.75, 3.05) is 79.3 Å². The molecule has 0 bridgehead atoms. The molecule has 264 valence electrons. The van der Waals surface area contributed by atoms with Crippen LogP contribution in [0.2, 0.25) is 0 Å². The second-order valence-corrected chi connectivity index (χ2v) is 11.9. The molecular weight excluding hydrogens is 648 g/mol. The number of benzene rings is 6. The number of rotatable bonds is 0. The molecule has 0 N–H and O–H groups in total. The zero-order valence-corrected chi connectivity index (χ0v) is 28.6. The van der Waals surface area contributed by atoms with Gasteiger partial charge in [0.15, 0.2) is 34.5 Å². The van der Waals surface area contributed by atoms with Gasteiger partial charge in [0, 0.05) is 0 Å². The molecule has 0 aromatic heterocycles. The van der Waals surface area contributed by atoms with Crippen molar-refractivity contribution in [2.45, 2.75) is 0 Å². The van der Waals surface area contributed by atoms with E-state index in [4.69, 9.17) is 42.6 Å². The third-order valence-corrected chi connectivity index (χ3v) is 8.35. The predicted molar refractivity (Wildman–Crippen MR) is 197 cm³/mol. The molecule has 9 heteroatoms. The molecule has 7 rings (SSSR count). The summed E-state index contributed by atoms with van der Waals surface area (Å²) in [7, 11) is 0. The molecule has 0 unspecified atom stereocenters. The normalized spacial score (nSPS) is 16.0. The highest BCUT2D eigenvalue weighted by molar-refractivity contribution is 5.87. The molecule has 0 aliphatic carbocycles. The molecule has 0 spiro atoms. The summed E-state index contributed by atoms with van der Waals surface area (Å²) in [6, 6.07) is 36.3. The summed E-state index contributed by atoms with van der Waals surface area (Å²) in [6.45, 7) is 4.46. The van der Waals surface area contributed by atoms with Crippen LogP contribution < -0.4 is 28.4 Å². The highest BCUT2D eigenvalue weighted by Gasteiger charge is 2.12. The lowest BCUT2D eigenvalue weighted by Crippen LogP contribution is -2.14. The average Bonchev–Trinajstić information content (AvgIpc) is 3.16. The van der Waals surface area contributed by atoms with Gasteiger partial charge in [-0.25, -0.2) is 0 Å². The summed E-state index contributed by atoms with van der Waals surface area (Å²) in [5, 5.41) is 6.39. The van der Waals surface area contributed by atoms with Crippen molar-refractivity contribution in [3.63, 3.8) is 0 Å². The largest absolute Gasteiger partial charge is 0.487 e. The van der Waals surface area contributed by atoms with Gasteiger partial charge in [-0.05, 0) is 68.7 Å². The van der Waals surface area contributed by atoms with Gasteiger partial charge < -0.3 is 42.6 Å². The van der Waals surface area contributed by atoms with Crippen molar-refractivity contribution in [1.82, 2.24) is 0 Å². The van der Waals surface area contributed by atoms with Crippen LogP contribution in [-0.4, -0.2) is 79.3 Å². The lowest BCUT2D eigenvalue weighted by Gasteiger charge is -2.15.